The number of sulfonamides is 1. The molecule has 0 amide bonds. The summed E-state index contributed by atoms with van der Waals surface area (Å²) in [6.07, 6.45) is 0. The van der Waals surface area contributed by atoms with Crippen molar-refractivity contribution < 1.29 is 22.7 Å². The molecule has 0 atom stereocenters. The van der Waals surface area contributed by atoms with Gasteiger partial charge >= 0.3 is 5.97 Å². The number of hydrogen-bond acceptors (Lipinski definition) is 6. The lowest BCUT2D eigenvalue weighted by atomic mass is 10.1. The summed E-state index contributed by atoms with van der Waals surface area (Å²) in [5.41, 5.74) is 3.57. The Morgan fingerprint density at radius 2 is 1.80 bits per heavy atom. The van der Waals surface area contributed by atoms with Crippen LogP contribution in [0.3, 0.4) is 0 Å². The van der Waals surface area contributed by atoms with Gasteiger partial charge in [0.15, 0.2) is 6.61 Å². The molecule has 0 bridgehead atoms. The Labute approximate surface area is 182 Å². The van der Waals surface area contributed by atoms with Gasteiger partial charge in [-0.3, -0.25) is 0 Å². The van der Waals surface area contributed by atoms with Crippen molar-refractivity contribution in [3.05, 3.63) is 52.5 Å². The highest BCUT2D eigenvalue weighted by molar-refractivity contribution is 7.89. The summed E-state index contributed by atoms with van der Waals surface area (Å²) in [7, 11) is -2.43. The number of rotatable bonds is 6. The number of halogens is 1. The molecule has 1 heterocycles. The predicted octanol–water partition coefficient (Wildman–Crippen LogP) is 3.02. The first-order valence-corrected chi connectivity index (χ1v) is 11.4. The van der Waals surface area contributed by atoms with Crippen LogP contribution in [0.1, 0.15) is 11.1 Å². The molecule has 2 aromatic rings. The van der Waals surface area contributed by atoms with E-state index in [1.807, 2.05) is 6.07 Å². The lowest BCUT2D eigenvalue weighted by Gasteiger charge is -2.36. The van der Waals surface area contributed by atoms with E-state index in [1.54, 1.807) is 0 Å². The van der Waals surface area contributed by atoms with E-state index in [-0.39, 0.29) is 22.3 Å². The van der Waals surface area contributed by atoms with Crippen LogP contribution in [0.5, 0.6) is 5.75 Å². The van der Waals surface area contributed by atoms with Gasteiger partial charge in [-0.2, -0.15) is 4.31 Å². The number of anilines is 1. The summed E-state index contributed by atoms with van der Waals surface area (Å²) < 4.78 is 37.4. The summed E-state index contributed by atoms with van der Waals surface area (Å²) in [6, 6.07) is 10.4. The number of carbonyl (C=O) groups is 1. The van der Waals surface area contributed by atoms with Gasteiger partial charge in [-0.25, -0.2) is 13.2 Å². The fourth-order valence-corrected chi connectivity index (χ4v) is 5.10. The third kappa shape index (κ3) is 4.71. The van der Waals surface area contributed by atoms with Crippen LogP contribution in [0.25, 0.3) is 0 Å². The molecule has 0 aliphatic carbocycles. The van der Waals surface area contributed by atoms with Gasteiger partial charge in [-0.15, -0.1) is 0 Å². The van der Waals surface area contributed by atoms with Crippen molar-refractivity contribution in [3.8, 4) is 5.75 Å². The molecule has 0 N–H and O–H groups in total. The van der Waals surface area contributed by atoms with E-state index < -0.39 is 16.0 Å². The third-order valence-corrected chi connectivity index (χ3v) is 7.46. The molecule has 0 aromatic heterocycles. The molecule has 0 unspecified atom stereocenters. The largest absolute Gasteiger partial charge is 0.480 e. The van der Waals surface area contributed by atoms with Crippen molar-refractivity contribution >= 4 is 33.3 Å². The van der Waals surface area contributed by atoms with Gasteiger partial charge < -0.3 is 14.4 Å². The van der Waals surface area contributed by atoms with Crippen molar-refractivity contribution in [1.82, 2.24) is 4.31 Å². The number of nitrogens with zero attached hydrogens (tertiary/aromatic N) is 2. The van der Waals surface area contributed by atoms with Gasteiger partial charge in [-0.05, 0) is 49.2 Å². The first-order valence-electron chi connectivity index (χ1n) is 9.54. The second-order valence-corrected chi connectivity index (χ2v) is 9.41. The van der Waals surface area contributed by atoms with E-state index in [4.69, 9.17) is 16.3 Å². The van der Waals surface area contributed by atoms with Crippen LogP contribution in [0.15, 0.2) is 41.3 Å². The summed E-state index contributed by atoms with van der Waals surface area (Å²) in [6.45, 7) is 5.83. The average Bonchev–Trinajstić information content (AvgIpc) is 2.74. The molecular weight excluding hydrogens is 428 g/mol. The highest BCUT2D eigenvalue weighted by atomic mass is 35.5. The van der Waals surface area contributed by atoms with E-state index >= 15 is 0 Å². The van der Waals surface area contributed by atoms with Crippen molar-refractivity contribution in [1.29, 1.82) is 0 Å². The molecule has 1 aliphatic heterocycles. The Kier molecular flexibility index (Phi) is 6.90. The number of ether oxygens (including phenoxy) is 2. The van der Waals surface area contributed by atoms with Gasteiger partial charge in [0.05, 0.1) is 17.0 Å². The Morgan fingerprint density at radius 3 is 2.43 bits per heavy atom. The second kappa shape index (κ2) is 9.24. The molecule has 1 aliphatic rings. The van der Waals surface area contributed by atoms with Crippen LogP contribution in [-0.2, 0) is 19.6 Å². The number of benzene rings is 2. The smallest absolute Gasteiger partial charge is 0.343 e. The molecule has 1 saturated heterocycles. The zero-order chi connectivity index (χ0) is 21.9. The van der Waals surface area contributed by atoms with Crippen molar-refractivity contribution in [3.63, 3.8) is 0 Å². The predicted molar refractivity (Wildman–Crippen MR) is 116 cm³/mol. The van der Waals surface area contributed by atoms with Crippen LogP contribution >= 0.6 is 11.6 Å². The van der Waals surface area contributed by atoms with Gasteiger partial charge in [0, 0.05) is 31.9 Å². The first kappa shape index (κ1) is 22.4. The minimum absolute atomic E-state index is 0.0955. The van der Waals surface area contributed by atoms with E-state index in [2.05, 4.69) is 35.6 Å². The van der Waals surface area contributed by atoms with E-state index in [0.29, 0.717) is 26.2 Å². The standard InChI is InChI=1S/C21H25ClN2O5S/c1-15-5-4-6-19(16(15)2)23-9-11-24(12-10-23)30(26,27)17-7-8-20(18(22)13-17)29-14-21(25)28-3/h4-8,13H,9-12,14H2,1-3H3. The highest BCUT2D eigenvalue weighted by Gasteiger charge is 2.29. The molecule has 0 spiro atoms. The van der Waals surface area contributed by atoms with E-state index in [1.165, 1.54) is 40.7 Å². The molecule has 0 radical (unpaired) electrons. The lowest BCUT2D eigenvalue weighted by molar-refractivity contribution is -0.142. The van der Waals surface area contributed by atoms with Crippen LogP contribution in [0, 0.1) is 13.8 Å². The summed E-state index contributed by atoms with van der Waals surface area (Å²) in [5.74, 6) is -0.328. The van der Waals surface area contributed by atoms with Crippen LogP contribution < -0.4 is 9.64 Å². The van der Waals surface area contributed by atoms with Gasteiger partial charge in [0.2, 0.25) is 10.0 Å². The van der Waals surface area contributed by atoms with Crippen molar-refractivity contribution in [2.45, 2.75) is 18.7 Å². The topological polar surface area (TPSA) is 76.1 Å². The number of piperazine rings is 1. The van der Waals surface area contributed by atoms with Crippen molar-refractivity contribution in [2.24, 2.45) is 0 Å². The Balaban J connectivity index is 1.70. The molecule has 0 saturated carbocycles. The maximum Gasteiger partial charge on any atom is 0.343 e. The third-order valence-electron chi connectivity index (χ3n) is 5.27. The number of esters is 1. The summed E-state index contributed by atoms with van der Waals surface area (Å²) in [4.78, 5) is 13.5. The zero-order valence-electron chi connectivity index (χ0n) is 17.2. The number of hydrogen-bond donors (Lipinski definition) is 0. The van der Waals surface area contributed by atoms with Crippen molar-refractivity contribution in [2.75, 3.05) is 44.8 Å². The Bertz CT molecular complexity index is 1030. The highest BCUT2D eigenvalue weighted by Crippen LogP contribution is 2.30. The Hall–Kier alpha value is -2.29. The molecule has 30 heavy (non-hydrogen) atoms. The fraction of sp³-hybridized carbons (Fsp3) is 0.381. The lowest BCUT2D eigenvalue weighted by Crippen LogP contribution is -2.48. The van der Waals surface area contributed by atoms with Gasteiger partial charge in [0.25, 0.3) is 0 Å². The maximum atomic E-state index is 13.1. The average molecular weight is 453 g/mol. The second-order valence-electron chi connectivity index (χ2n) is 7.07. The molecule has 7 nitrogen and oxygen atoms in total. The van der Waals surface area contributed by atoms with Gasteiger partial charge in [-0.1, -0.05) is 23.7 Å². The molecule has 162 valence electrons. The number of aryl methyl sites for hydroxylation is 1. The van der Waals surface area contributed by atoms with E-state index in [0.717, 1.165) is 5.69 Å². The molecular formula is C21H25ClN2O5S. The maximum absolute atomic E-state index is 13.1. The monoisotopic (exact) mass is 452 g/mol. The van der Waals surface area contributed by atoms with Gasteiger partial charge in [0.1, 0.15) is 5.75 Å². The molecule has 1 fully saturated rings. The number of methoxy groups -OCH3 is 1. The molecule has 2 aromatic carbocycles. The SMILES string of the molecule is COC(=O)COc1ccc(S(=O)(=O)N2CCN(c3cccc(C)c3C)CC2)cc1Cl. The zero-order valence-corrected chi connectivity index (χ0v) is 18.8. The normalized spacial score (nSPS) is 15.1. The number of carbonyl (C=O) groups excluding carboxylic acids is 1. The fourth-order valence-electron chi connectivity index (χ4n) is 3.35. The first-order chi connectivity index (χ1) is 14.2. The summed E-state index contributed by atoms with van der Waals surface area (Å²) >= 11 is 6.17. The molecule has 3 rings (SSSR count). The van der Waals surface area contributed by atoms with Crippen LogP contribution in [0.2, 0.25) is 5.02 Å². The Morgan fingerprint density at radius 1 is 1.10 bits per heavy atom. The van der Waals surface area contributed by atoms with Crippen LogP contribution in [-0.4, -0.2) is 58.6 Å². The molecule has 9 heteroatoms. The quantitative estimate of drug-likeness (QED) is 0.627. The minimum Gasteiger partial charge on any atom is -0.480 e. The minimum atomic E-state index is -3.69. The van der Waals surface area contributed by atoms with E-state index in [9.17, 15) is 13.2 Å². The summed E-state index contributed by atoms with van der Waals surface area (Å²) in [5, 5.41) is 0.119. The van der Waals surface area contributed by atoms with Crippen LogP contribution in [0.4, 0.5) is 5.69 Å².